The van der Waals surface area contributed by atoms with Crippen LogP contribution in [0.3, 0.4) is 0 Å². The zero-order valence-electron chi connectivity index (χ0n) is 17.7. The van der Waals surface area contributed by atoms with Crippen molar-refractivity contribution >= 4 is 18.1 Å². The summed E-state index contributed by atoms with van der Waals surface area (Å²) in [6, 6.07) is 19.3. The standard InChI is InChI=1S/C25H29NO4/c1-25(2,3)30-24(28)26-21(16-19-12-8-5-9-13-19)22-17-20(23(27)29-22)15-14-18-10-6-4-7-11-18/h4-15,20-22H,16-17H2,1-3H3,(H,26,28)/b15-14+/t20-,21+,22+/m1/s1. The van der Waals surface area contributed by atoms with Gasteiger partial charge in [0.2, 0.25) is 0 Å². The number of ether oxygens (including phenoxy) is 2. The Morgan fingerprint density at radius 1 is 1.13 bits per heavy atom. The zero-order chi connectivity index (χ0) is 21.6. The lowest BCUT2D eigenvalue weighted by molar-refractivity contribution is -0.144. The molecule has 1 saturated heterocycles. The van der Waals surface area contributed by atoms with Gasteiger partial charge in [0.25, 0.3) is 0 Å². The molecule has 5 nitrogen and oxygen atoms in total. The maximum Gasteiger partial charge on any atom is 0.408 e. The van der Waals surface area contributed by atoms with Crippen LogP contribution in [0.4, 0.5) is 4.79 Å². The Bertz CT molecular complexity index is 871. The SMILES string of the molecule is CC(C)(C)OC(=O)N[C@@H](Cc1ccccc1)[C@@H]1C[C@@H](/C=C/c2ccccc2)C(=O)O1. The predicted molar refractivity (Wildman–Crippen MR) is 117 cm³/mol. The maximum atomic E-state index is 12.5. The molecule has 1 N–H and O–H groups in total. The van der Waals surface area contributed by atoms with Crippen LogP contribution in [-0.2, 0) is 20.7 Å². The van der Waals surface area contributed by atoms with Crippen molar-refractivity contribution in [1.29, 1.82) is 0 Å². The minimum absolute atomic E-state index is 0.267. The molecule has 0 radical (unpaired) electrons. The lowest BCUT2D eigenvalue weighted by Gasteiger charge is -2.26. The van der Waals surface area contributed by atoms with Crippen LogP contribution >= 0.6 is 0 Å². The molecule has 0 aliphatic carbocycles. The first kappa shape index (κ1) is 21.6. The number of nitrogens with one attached hydrogen (secondary N) is 1. The largest absolute Gasteiger partial charge is 0.460 e. The molecule has 1 amide bonds. The summed E-state index contributed by atoms with van der Waals surface area (Å²) in [5.41, 5.74) is 1.48. The van der Waals surface area contributed by atoms with Crippen LogP contribution in [0, 0.1) is 5.92 Å². The van der Waals surface area contributed by atoms with E-state index in [-0.39, 0.29) is 17.9 Å². The molecule has 3 rings (SSSR count). The number of carbonyl (C=O) groups excluding carboxylic acids is 2. The van der Waals surface area contributed by atoms with E-state index in [1.807, 2.05) is 93.6 Å². The molecule has 0 saturated carbocycles. The van der Waals surface area contributed by atoms with Crippen LogP contribution in [0.2, 0.25) is 0 Å². The topological polar surface area (TPSA) is 64.6 Å². The molecule has 0 aromatic heterocycles. The second kappa shape index (κ2) is 9.61. The van der Waals surface area contributed by atoms with Crippen LogP contribution in [0.15, 0.2) is 66.7 Å². The highest BCUT2D eigenvalue weighted by molar-refractivity contribution is 5.78. The smallest absolute Gasteiger partial charge is 0.408 e. The number of alkyl carbamates (subject to hydrolysis) is 1. The summed E-state index contributed by atoms with van der Waals surface area (Å²) in [6.45, 7) is 5.45. The monoisotopic (exact) mass is 407 g/mol. The molecule has 2 aromatic rings. The molecular weight excluding hydrogens is 378 g/mol. The Morgan fingerprint density at radius 2 is 1.77 bits per heavy atom. The molecule has 1 aliphatic rings. The summed E-state index contributed by atoms with van der Waals surface area (Å²) < 4.78 is 11.1. The van der Waals surface area contributed by atoms with Gasteiger partial charge in [-0.1, -0.05) is 72.8 Å². The van der Waals surface area contributed by atoms with E-state index in [9.17, 15) is 9.59 Å². The Hall–Kier alpha value is -3.08. The minimum Gasteiger partial charge on any atom is -0.460 e. The number of rotatable bonds is 6. The van der Waals surface area contributed by atoms with Crippen molar-refractivity contribution in [2.75, 3.05) is 0 Å². The van der Waals surface area contributed by atoms with Gasteiger partial charge < -0.3 is 14.8 Å². The molecule has 1 fully saturated rings. The van der Waals surface area contributed by atoms with Gasteiger partial charge in [-0.3, -0.25) is 4.79 Å². The fraction of sp³-hybridized carbons (Fsp3) is 0.360. The molecular formula is C25H29NO4. The number of hydrogen-bond acceptors (Lipinski definition) is 4. The van der Waals surface area contributed by atoms with Crippen molar-refractivity contribution in [3.05, 3.63) is 77.9 Å². The van der Waals surface area contributed by atoms with E-state index in [0.29, 0.717) is 12.8 Å². The average Bonchev–Trinajstić information content (AvgIpc) is 3.07. The second-order valence-corrected chi connectivity index (χ2v) is 8.53. The van der Waals surface area contributed by atoms with Gasteiger partial charge in [0.15, 0.2) is 0 Å². The third kappa shape index (κ3) is 6.48. The number of benzene rings is 2. The zero-order valence-corrected chi connectivity index (χ0v) is 17.7. The Labute approximate surface area is 178 Å². The van der Waals surface area contributed by atoms with E-state index in [1.165, 1.54) is 0 Å². The number of carbonyl (C=O) groups is 2. The van der Waals surface area contributed by atoms with Crippen LogP contribution in [0.1, 0.15) is 38.3 Å². The van der Waals surface area contributed by atoms with Gasteiger partial charge in [0.1, 0.15) is 11.7 Å². The maximum absolute atomic E-state index is 12.5. The van der Waals surface area contributed by atoms with Gasteiger partial charge in [0, 0.05) is 6.42 Å². The number of amides is 1. The summed E-state index contributed by atoms with van der Waals surface area (Å²) in [6.07, 6.45) is 3.94. The van der Waals surface area contributed by atoms with Gasteiger partial charge in [0.05, 0.1) is 12.0 Å². The fourth-order valence-electron chi connectivity index (χ4n) is 3.43. The van der Waals surface area contributed by atoms with Crippen molar-refractivity contribution in [3.8, 4) is 0 Å². The lowest BCUT2D eigenvalue weighted by atomic mass is 9.95. The number of hydrogen-bond donors (Lipinski definition) is 1. The molecule has 5 heteroatoms. The van der Waals surface area contributed by atoms with E-state index in [0.717, 1.165) is 11.1 Å². The van der Waals surface area contributed by atoms with Gasteiger partial charge in [-0.15, -0.1) is 0 Å². The van der Waals surface area contributed by atoms with Gasteiger partial charge >= 0.3 is 12.1 Å². The molecule has 1 heterocycles. The van der Waals surface area contributed by atoms with Crippen LogP contribution in [0.25, 0.3) is 6.08 Å². The molecule has 30 heavy (non-hydrogen) atoms. The molecule has 0 spiro atoms. The van der Waals surface area contributed by atoms with E-state index < -0.39 is 17.8 Å². The van der Waals surface area contributed by atoms with Gasteiger partial charge in [-0.25, -0.2) is 4.79 Å². The summed E-state index contributed by atoms with van der Waals surface area (Å²) >= 11 is 0. The third-order valence-electron chi connectivity index (χ3n) is 4.83. The van der Waals surface area contributed by atoms with Crippen LogP contribution < -0.4 is 5.32 Å². The van der Waals surface area contributed by atoms with Crippen molar-refractivity contribution in [3.63, 3.8) is 0 Å². The average molecular weight is 408 g/mol. The number of esters is 1. The summed E-state index contributed by atoms with van der Waals surface area (Å²) in [5.74, 6) is -0.606. The van der Waals surface area contributed by atoms with Crippen molar-refractivity contribution in [2.45, 2.75) is 51.4 Å². The normalized spacial score (nSPS) is 20.0. The number of cyclic esters (lactones) is 1. The Balaban J connectivity index is 1.71. The van der Waals surface area contributed by atoms with Crippen LogP contribution in [-0.4, -0.2) is 29.8 Å². The minimum atomic E-state index is -0.602. The predicted octanol–water partition coefficient (Wildman–Crippen LogP) is 4.77. The summed E-state index contributed by atoms with van der Waals surface area (Å²) in [7, 11) is 0. The lowest BCUT2D eigenvalue weighted by Crippen LogP contribution is -2.46. The summed E-state index contributed by atoms with van der Waals surface area (Å²) in [5, 5.41) is 2.92. The van der Waals surface area contributed by atoms with Crippen LogP contribution in [0.5, 0.6) is 0 Å². The first-order chi connectivity index (χ1) is 14.3. The van der Waals surface area contributed by atoms with Crippen molar-refractivity contribution in [1.82, 2.24) is 5.32 Å². The Morgan fingerprint density at radius 3 is 2.40 bits per heavy atom. The van der Waals surface area contributed by atoms with E-state index >= 15 is 0 Å². The highest BCUT2D eigenvalue weighted by Gasteiger charge is 2.38. The van der Waals surface area contributed by atoms with E-state index in [4.69, 9.17) is 9.47 Å². The highest BCUT2D eigenvalue weighted by atomic mass is 16.6. The highest BCUT2D eigenvalue weighted by Crippen LogP contribution is 2.27. The molecule has 2 aromatic carbocycles. The molecule has 158 valence electrons. The fourth-order valence-corrected chi connectivity index (χ4v) is 3.43. The first-order valence-corrected chi connectivity index (χ1v) is 10.3. The molecule has 1 aliphatic heterocycles. The van der Waals surface area contributed by atoms with E-state index in [2.05, 4.69) is 5.32 Å². The van der Waals surface area contributed by atoms with E-state index in [1.54, 1.807) is 0 Å². The first-order valence-electron chi connectivity index (χ1n) is 10.3. The molecule has 0 bridgehead atoms. The van der Waals surface area contributed by atoms with Gasteiger partial charge in [-0.2, -0.15) is 0 Å². The van der Waals surface area contributed by atoms with Crippen molar-refractivity contribution in [2.24, 2.45) is 5.92 Å². The molecule has 3 atom stereocenters. The summed E-state index contributed by atoms with van der Waals surface area (Å²) in [4.78, 5) is 24.9. The quantitative estimate of drug-likeness (QED) is 0.701. The van der Waals surface area contributed by atoms with Gasteiger partial charge in [-0.05, 0) is 38.3 Å². The third-order valence-corrected chi connectivity index (χ3v) is 4.83. The second-order valence-electron chi connectivity index (χ2n) is 8.53. The van der Waals surface area contributed by atoms with Crippen molar-refractivity contribution < 1.29 is 19.1 Å². The molecule has 0 unspecified atom stereocenters. The Kier molecular flexibility index (Phi) is 6.93.